The molecule has 2 N–H and O–H groups in total. The largest absolute Gasteiger partial charge is 0.396 e. The monoisotopic (exact) mass is 545 g/mol. The van der Waals surface area contributed by atoms with Crippen molar-refractivity contribution in [1.82, 2.24) is 9.55 Å². The molecule has 11 heteroatoms. The van der Waals surface area contributed by atoms with Crippen LogP contribution in [0.25, 0.3) is 5.69 Å². The third kappa shape index (κ3) is 5.70. The molecule has 0 amide bonds. The van der Waals surface area contributed by atoms with Gasteiger partial charge in [0.25, 0.3) is 10.0 Å². The number of aryl methyl sites for hydroxylation is 1. The van der Waals surface area contributed by atoms with Gasteiger partial charge in [-0.25, -0.2) is 13.2 Å². The quantitative estimate of drug-likeness (QED) is 0.286. The fraction of sp³-hybridized carbons (Fsp3) is 0.400. The smallest absolute Gasteiger partial charge is 0.354 e. The Morgan fingerprint density at radius 3 is 2.52 bits per heavy atom. The summed E-state index contributed by atoms with van der Waals surface area (Å²) >= 11 is 6.43. The van der Waals surface area contributed by atoms with Crippen molar-refractivity contribution >= 4 is 54.9 Å². The molecule has 7 nitrogen and oxygen atoms in total. The highest BCUT2D eigenvalue weighted by Crippen LogP contribution is 2.38. The van der Waals surface area contributed by atoms with E-state index in [4.69, 9.17) is 5.11 Å². The van der Waals surface area contributed by atoms with Crippen LogP contribution in [0.1, 0.15) is 36.3 Å². The summed E-state index contributed by atoms with van der Waals surface area (Å²) < 4.78 is 31.4. The van der Waals surface area contributed by atoms with E-state index in [2.05, 4.69) is 25.6 Å². The molecule has 0 fully saturated rings. The van der Waals surface area contributed by atoms with Gasteiger partial charge in [-0.1, -0.05) is 28.8 Å². The lowest BCUT2D eigenvalue weighted by Crippen LogP contribution is -2.17. The van der Waals surface area contributed by atoms with E-state index in [1.54, 1.807) is 23.9 Å². The van der Waals surface area contributed by atoms with Gasteiger partial charge in [0, 0.05) is 21.7 Å². The van der Waals surface area contributed by atoms with Gasteiger partial charge in [-0.3, -0.25) is 9.29 Å². The first kappa shape index (κ1) is 24.2. The molecular weight excluding hydrogens is 522 g/mol. The first-order chi connectivity index (χ1) is 14.7. The molecule has 0 atom stereocenters. The van der Waals surface area contributed by atoms with Crippen LogP contribution in [-0.4, -0.2) is 35.4 Å². The first-order valence-electron chi connectivity index (χ1n) is 9.79. The van der Waals surface area contributed by atoms with Crippen LogP contribution in [0.2, 0.25) is 0 Å². The number of benzene rings is 1. The number of aliphatic hydroxyl groups is 1. The summed E-state index contributed by atoms with van der Waals surface area (Å²) in [6.45, 7) is 3.98. The number of aromatic nitrogens is 2. The normalized spacial score (nSPS) is 11.9. The lowest BCUT2D eigenvalue weighted by molar-refractivity contribution is 0.283. The summed E-state index contributed by atoms with van der Waals surface area (Å²) in [6.07, 6.45) is 3.74. The van der Waals surface area contributed by atoms with Crippen molar-refractivity contribution in [3.63, 3.8) is 0 Å². The summed E-state index contributed by atoms with van der Waals surface area (Å²) in [7, 11) is -3.90. The van der Waals surface area contributed by atoms with Gasteiger partial charge in [0.05, 0.1) is 9.10 Å². The molecule has 2 aliphatic rings. The number of sulfonamides is 1. The molecule has 0 aliphatic carbocycles. The Hall–Kier alpha value is -1.40. The number of hydrogen-bond acceptors (Lipinski definition) is 7. The molecule has 0 bridgehead atoms. The van der Waals surface area contributed by atoms with E-state index in [0.717, 1.165) is 50.7 Å². The number of unbranched alkanes of at least 4 members (excludes halogenated alkanes) is 3. The van der Waals surface area contributed by atoms with Crippen LogP contribution in [0.4, 0.5) is 5.82 Å². The number of rotatable bonds is 10. The second-order valence-electron chi connectivity index (χ2n) is 7.00. The molecule has 2 heterocycles. The summed E-state index contributed by atoms with van der Waals surface area (Å²) in [5.74, 6) is 0.883. The Labute approximate surface area is 198 Å². The van der Waals surface area contributed by atoms with Crippen LogP contribution >= 0.6 is 39.0 Å². The molecule has 0 radical (unpaired) electrons. The van der Waals surface area contributed by atoms with E-state index in [0.29, 0.717) is 5.69 Å². The van der Waals surface area contributed by atoms with Crippen molar-refractivity contribution < 1.29 is 13.5 Å². The molecule has 0 saturated carbocycles. The molecule has 3 rings (SSSR count). The van der Waals surface area contributed by atoms with Crippen LogP contribution < -0.4 is 10.4 Å². The predicted molar refractivity (Wildman–Crippen MR) is 130 cm³/mol. The highest BCUT2D eigenvalue weighted by Gasteiger charge is 2.26. The van der Waals surface area contributed by atoms with E-state index >= 15 is 0 Å². The summed E-state index contributed by atoms with van der Waals surface area (Å²) in [5, 5.41) is 8.90. The minimum atomic E-state index is -3.90. The number of imidazole rings is 1. The van der Waals surface area contributed by atoms with E-state index in [1.807, 2.05) is 13.8 Å². The van der Waals surface area contributed by atoms with Crippen LogP contribution in [0, 0.1) is 13.8 Å². The highest BCUT2D eigenvalue weighted by molar-refractivity contribution is 9.10. The van der Waals surface area contributed by atoms with Gasteiger partial charge in [0.15, 0.2) is 5.82 Å². The maximum Gasteiger partial charge on any atom is 0.354 e. The lowest BCUT2D eigenvalue weighted by Gasteiger charge is -2.16. The fourth-order valence-corrected chi connectivity index (χ4v) is 6.81. The zero-order valence-electron chi connectivity index (χ0n) is 17.2. The standard InChI is InChI=1S/C20H24BrN3O4S3/c1-13-14(2)30-19(29-12-6-4-3-5-11-25)17-18(22-20(26)24(13)17)23-31(27,28)16-9-7-15(21)8-10-16/h7-10,25H,3-6,11-12H2,1-2H3,(H,22,23,26). The molecule has 1 aromatic rings. The number of fused-ring (bicyclic) bond motifs is 1. The molecule has 1 aromatic carbocycles. The van der Waals surface area contributed by atoms with E-state index in [1.165, 1.54) is 28.0 Å². The van der Waals surface area contributed by atoms with Crippen LogP contribution in [0.15, 0.2) is 42.6 Å². The summed E-state index contributed by atoms with van der Waals surface area (Å²) in [6, 6.07) is 6.27. The molecular formula is C20H24BrN3O4S3. The Balaban J connectivity index is 1.93. The van der Waals surface area contributed by atoms with Crippen molar-refractivity contribution in [2.45, 2.75) is 48.6 Å². The van der Waals surface area contributed by atoms with E-state index in [-0.39, 0.29) is 17.3 Å². The second-order valence-corrected chi connectivity index (χ2v) is 12.2. The van der Waals surface area contributed by atoms with E-state index < -0.39 is 15.7 Å². The molecule has 0 saturated heterocycles. The maximum atomic E-state index is 12.9. The van der Waals surface area contributed by atoms with Gasteiger partial charge in [-0.05, 0) is 56.7 Å². The van der Waals surface area contributed by atoms with Crippen LogP contribution in [-0.2, 0) is 10.0 Å². The van der Waals surface area contributed by atoms with E-state index in [9.17, 15) is 13.2 Å². The van der Waals surface area contributed by atoms with Gasteiger partial charge < -0.3 is 5.11 Å². The molecule has 168 valence electrons. The van der Waals surface area contributed by atoms with Crippen LogP contribution in [0.5, 0.6) is 0 Å². The second kappa shape index (κ2) is 10.5. The SMILES string of the molecule is Cc1sc(SCCCCCCO)c2c(NS(=O)(=O)c3ccc(Br)cc3)nc(=O)n-2c1C. The fourth-order valence-electron chi connectivity index (χ4n) is 3.02. The zero-order chi connectivity index (χ0) is 22.6. The summed E-state index contributed by atoms with van der Waals surface area (Å²) in [4.78, 5) is 17.7. The highest BCUT2D eigenvalue weighted by atomic mass is 79.9. The average Bonchev–Trinajstić information content (AvgIpc) is 3.04. The van der Waals surface area contributed by atoms with Crippen LogP contribution in [0.3, 0.4) is 0 Å². The Morgan fingerprint density at radius 1 is 1.16 bits per heavy atom. The third-order valence-corrected chi connectivity index (χ3v) is 9.19. The predicted octanol–water partition coefficient (Wildman–Crippen LogP) is 4.56. The zero-order valence-corrected chi connectivity index (χ0v) is 21.3. The first-order valence-corrected chi connectivity index (χ1v) is 13.9. The van der Waals surface area contributed by atoms with Gasteiger partial charge >= 0.3 is 5.69 Å². The van der Waals surface area contributed by atoms with Gasteiger partial charge in [-0.15, -0.1) is 23.1 Å². The topological polar surface area (TPSA) is 101 Å². The number of hydrogen-bond donors (Lipinski definition) is 2. The Morgan fingerprint density at radius 2 is 1.84 bits per heavy atom. The Kier molecular flexibility index (Phi) is 8.19. The maximum absolute atomic E-state index is 12.9. The minimum absolute atomic E-state index is 0.0510. The summed E-state index contributed by atoms with van der Waals surface area (Å²) in [5.41, 5.74) is 0.750. The average molecular weight is 547 g/mol. The van der Waals surface area contributed by atoms with Crippen molar-refractivity contribution in [2.24, 2.45) is 0 Å². The number of thioether (sulfide) groups is 1. The minimum Gasteiger partial charge on any atom is -0.396 e. The number of halogens is 1. The Bertz CT molecular complexity index is 1170. The van der Waals surface area contributed by atoms with Gasteiger partial charge in [0.1, 0.15) is 5.69 Å². The number of anilines is 1. The third-order valence-electron chi connectivity index (χ3n) is 4.77. The van der Waals surface area contributed by atoms with Crippen molar-refractivity contribution in [1.29, 1.82) is 0 Å². The number of nitrogens with zero attached hydrogens (tertiary/aromatic N) is 2. The molecule has 0 unspecified atom stereocenters. The van der Waals surface area contributed by atoms with Crippen molar-refractivity contribution in [3.05, 3.63) is 49.8 Å². The lowest BCUT2D eigenvalue weighted by atomic mass is 10.2. The number of nitrogens with one attached hydrogen (secondary N) is 1. The molecule has 31 heavy (non-hydrogen) atoms. The molecule has 2 aliphatic heterocycles. The van der Waals surface area contributed by atoms with Crippen molar-refractivity contribution in [3.8, 4) is 5.69 Å². The van der Waals surface area contributed by atoms with Gasteiger partial charge in [0.2, 0.25) is 0 Å². The number of aliphatic hydroxyl groups excluding tert-OH is 1. The van der Waals surface area contributed by atoms with Gasteiger partial charge in [-0.2, -0.15) is 4.98 Å². The molecule has 0 spiro atoms. The molecule has 0 aromatic heterocycles. The van der Waals surface area contributed by atoms with Crippen molar-refractivity contribution in [2.75, 3.05) is 17.1 Å².